The third-order valence-corrected chi connectivity index (χ3v) is 7.29. The topological polar surface area (TPSA) is 57.7 Å². The molecule has 2 aliphatic heterocycles. The van der Waals surface area contributed by atoms with Gasteiger partial charge in [-0.15, -0.1) is 0 Å². The van der Waals surface area contributed by atoms with Crippen LogP contribution in [-0.4, -0.2) is 35.7 Å². The molecule has 3 aliphatic rings. The summed E-state index contributed by atoms with van der Waals surface area (Å²) in [5.74, 6) is -0.774. The lowest BCUT2D eigenvalue weighted by Gasteiger charge is -2.56. The van der Waals surface area contributed by atoms with Crippen LogP contribution in [0.15, 0.2) is 18.2 Å². The minimum Gasteiger partial charge on any atom is -0.309 e. The first-order chi connectivity index (χ1) is 13.4. The third-order valence-electron chi connectivity index (χ3n) is 7.29. The minimum absolute atomic E-state index is 0.0197. The Kier molecular flexibility index (Phi) is 4.24. The lowest BCUT2D eigenvalue weighted by Crippen LogP contribution is -2.64. The molecule has 3 unspecified atom stereocenters. The van der Waals surface area contributed by atoms with Gasteiger partial charge in [0, 0.05) is 35.0 Å². The number of fused-ring (bicyclic) bond motifs is 3. The first kappa shape index (κ1) is 20.0. The zero-order chi connectivity index (χ0) is 21.4. The molecule has 1 aromatic carbocycles. The number of amides is 3. The summed E-state index contributed by atoms with van der Waals surface area (Å²) in [6.07, 6.45) is 2.77. The van der Waals surface area contributed by atoms with Crippen LogP contribution >= 0.6 is 0 Å². The van der Waals surface area contributed by atoms with Gasteiger partial charge < -0.3 is 4.90 Å². The van der Waals surface area contributed by atoms with Gasteiger partial charge in [0.1, 0.15) is 5.82 Å². The number of anilines is 1. The number of carbonyl (C=O) groups is 3. The number of benzene rings is 1. The number of halogens is 1. The molecular weight excluding hydrogens is 371 g/mol. The second-order valence-electron chi connectivity index (χ2n) is 10.2. The molecule has 2 heterocycles. The van der Waals surface area contributed by atoms with E-state index in [9.17, 15) is 18.8 Å². The Morgan fingerprint density at radius 1 is 1.07 bits per heavy atom. The molecule has 2 bridgehead atoms. The van der Waals surface area contributed by atoms with Crippen LogP contribution in [-0.2, 0) is 20.8 Å². The summed E-state index contributed by atoms with van der Waals surface area (Å²) in [6, 6.07) is 4.55. The summed E-state index contributed by atoms with van der Waals surface area (Å²) in [5.41, 5.74) is -0.751. The Bertz CT molecular complexity index is 899. The maximum Gasteiger partial charge on any atom is 0.234 e. The van der Waals surface area contributed by atoms with Crippen molar-refractivity contribution in [2.24, 2.45) is 16.2 Å². The predicted octanol–water partition coefficient (Wildman–Crippen LogP) is 3.69. The summed E-state index contributed by atoms with van der Waals surface area (Å²) in [7, 11) is 1.54. The molecule has 1 aromatic rings. The fraction of sp³-hybridized carbons (Fsp3) is 0.609. The van der Waals surface area contributed by atoms with Crippen LogP contribution in [0.4, 0.5) is 10.1 Å². The van der Waals surface area contributed by atoms with Crippen LogP contribution < -0.4 is 4.90 Å². The van der Waals surface area contributed by atoms with E-state index in [0.717, 1.165) is 24.1 Å². The molecule has 4 rings (SSSR count). The Hall–Kier alpha value is -2.24. The fourth-order valence-corrected chi connectivity index (χ4v) is 6.45. The maximum absolute atomic E-state index is 13.9. The SMILES string of the molecule is CC1CCc2cc(F)ccc2N1C(=O)C1(C)CC2(C)CC(C)(C1)C(=O)N(C)C2=O. The van der Waals surface area contributed by atoms with Crippen molar-refractivity contribution in [3.8, 4) is 0 Å². The highest BCUT2D eigenvalue weighted by Crippen LogP contribution is 2.59. The lowest BCUT2D eigenvalue weighted by atomic mass is 9.51. The second kappa shape index (κ2) is 6.13. The van der Waals surface area contributed by atoms with Crippen LogP contribution in [0.25, 0.3) is 0 Å². The molecular formula is C23H29FN2O3. The molecule has 0 N–H and O–H groups in total. The number of rotatable bonds is 1. The van der Waals surface area contributed by atoms with Gasteiger partial charge in [-0.05, 0) is 62.8 Å². The summed E-state index contributed by atoms with van der Waals surface area (Å²) in [4.78, 5) is 42.8. The van der Waals surface area contributed by atoms with Gasteiger partial charge in [-0.1, -0.05) is 20.8 Å². The van der Waals surface area contributed by atoms with Gasteiger partial charge >= 0.3 is 0 Å². The van der Waals surface area contributed by atoms with Gasteiger partial charge in [-0.25, -0.2) is 4.39 Å². The normalized spacial score (nSPS) is 36.8. The molecule has 0 aromatic heterocycles. The highest BCUT2D eigenvalue weighted by molar-refractivity contribution is 6.06. The van der Waals surface area contributed by atoms with Gasteiger partial charge in [0.05, 0.1) is 0 Å². The molecule has 5 nitrogen and oxygen atoms in total. The van der Waals surface area contributed by atoms with Crippen molar-refractivity contribution in [1.82, 2.24) is 4.90 Å². The van der Waals surface area contributed by atoms with E-state index in [1.807, 2.05) is 27.7 Å². The highest BCUT2D eigenvalue weighted by Gasteiger charge is 2.63. The van der Waals surface area contributed by atoms with Crippen LogP contribution in [0.3, 0.4) is 0 Å². The smallest absolute Gasteiger partial charge is 0.234 e. The average Bonchev–Trinajstić information content (AvgIpc) is 2.64. The molecule has 1 saturated carbocycles. The van der Waals surface area contributed by atoms with Crippen molar-refractivity contribution in [3.63, 3.8) is 0 Å². The van der Waals surface area contributed by atoms with E-state index in [1.165, 1.54) is 17.0 Å². The number of nitrogens with zero attached hydrogens (tertiary/aromatic N) is 2. The van der Waals surface area contributed by atoms with Crippen molar-refractivity contribution < 1.29 is 18.8 Å². The molecule has 6 heteroatoms. The van der Waals surface area contributed by atoms with Crippen LogP contribution in [0.5, 0.6) is 0 Å². The number of imide groups is 1. The molecule has 156 valence electrons. The molecule has 1 aliphatic carbocycles. The maximum atomic E-state index is 13.9. The zero-order valence-electron chi connectivity index (χ0n) is 17.8. The number of carbonyl (C=O) groups excluding carboxylic acids is 3. The van der Waals surface area contributed by atoms with Gasteiger partial charge in [0.25, 0.3) is 0 Å². The van der Waals surface area contributed by atoms with Crippen LogP contribution in [0, 0.1) is 22.1 Å². The van der Waals surface area contributed by atoms with Crippen LogP contribution in [0.2, 0.25) is 0 Å². The fourth-order valence-electron chi connectivity index (χ4n) is 6.45. The Balaban J connectivity index is 1.76. The molecule has 0 spiro atoms. The number of likely N-dealkylation sites (tertiary alicyclic amines) is 1. The lowest BCUT2D eigenvalue weighted by molar-refractivity contribution is -0.177. The summed E-state index contributed by atoms with van der Waals surface area (Å²) in [6.45, 7) is 7.65. The molecule has 1 saturated heterocycles. The van der Waals surface area contributed by atoms with E-state index >= 15 is 0 Å². The van der Waals surface area contributed by atoms with Gasteiger partial charge in [0.15, 0.2) is 0 Å². The number of piperidine rings is 1. The van der Waals surface area contributed by atoms with E-state index in [2.05, 4.69) is 0 Å². The van der Waals surface area contributed by atoms with E-state index in [1.54, 1.807) is 18.0 Å². The van der Waals surface area contributed by atoms with Crippen molar-refractivity contribution in [3.05, 3.63) is 29.6 Å². The molecule has 0 radical (unpaired) electrons. The predicted molar refractivity (Wildman–Crippen MR) is 108 cm³/mol. The van der Waals surface area contributed by atoms with E-state index in [0.29, 0.717) is 19.3 Å². The second-order valence-corrected chi connectivity index (χ2v) is 10.2. The Morgan fingerprint density at radius 2 is 1.66 bits per heavy atom. The summed E-state index contributed by atoms with van der Waals surface area (Å²) < 4.78 is 13.7. The number of aryl methyl sites for hydroxylation is 1. The summed E-state index contributed by atoms with van der Waals surface area (Å²) >= 11 is 0. The molecule has 3 amide bonds. The number of hydrogen-bond acceptors (Lipinski definition) is 3. The first-order valence-corrected chi connectivity index (χ1v) is 10.3. The summed E-state index contributed by atoms with van der Waals surface area (Å²) in [5, 5.41) is 0. The van der Waals surface area contributed by atoms with E-state index in [4.69, 9.17) is 0 Å². The van der Waals surface area contributed by atoms with Crippen molar-refractivity contribution in [1.29, 1.82) is 0 Å². The van der Waals surface area contributed by atoms with Crippen molar-refractivity contribution in [2.75, 3.05) is 11.9 Å². The van der Waals surface area contributed by atoms with Gasteiger partial charge in [0.2, 0.25) is 17.7 Å². The minimum atomic E-state index is -0.842. The highest BCUT2D eigenvalue weighted by atomic mass is 19.1. The first-order valence-electron chi connectivity index (χ1n) is 10.3. The Labute approximate surface area is 171 Å². The Morgan fingerprint density at radius 3 is 2.24 bits per heavy atom. The zero-order valence-corrected chi connectivity index (χ0v) is 17.8. The number of hydrogen-bond donors (Lipinski definition) is 0. The van der Waals surface area contributed by atoms with Gasteiger partial charge in [-0.3, -0.25) is 19.3 Å². The molecule has 29 heavy (non-hydrogen) atoms. The van der Waals surface area contributed by atoms with Crippen LogP contribution in [0.1, 0.15) is 58.9 Å². The molecule has 3 atom stereocenters. The monoisotopic (exact) mass is 400 g/mol. The average molecular weight is 400 g/mol. The van der Waals surface area contributed by atoms with Gasteiger partial charge in [-0.2, -0.15) is 0 Å². The van der Waals surface area contributed by atoms with E-state index < -0.39 is 16.2 Å². The quantitative estimate of drug-likeness (QED) is 0.676. The largest absolute Gasteiger partial charge is 0.309 e. The van der Waals surface area contributed by atoms with Crippen molar-refractivity contribution >= 4 is 23.4 Å². The third kappa shape index (κ3) is 2.82. The van der Waals surface area contributed by atoms with Crippen molar-refractivity contribution in [2.45, 2.75) is 65.8 Å². The molecule has 2 fully saturated rings. The standard InChI is InChI=1S/C23H29FN2O3/c1-14-6-7-15-10-16(24)8-9-17(15)26(14)20(29)23(4)12-21(2)11-22(3,13-23)19(28)25(5)18(21)27/h8-10,14H,6-7,11-13H2,1-5H3. The van der Waals surface area contributed by atoms with E-state index in [-0.39, 0.29) is 29.6 Å².